The Hall–Kier alpha value is -3.29. The molecule has 0 spiro atoms. The van der Waals surface area contributed by atoms with Crippen molar-refractivity contribution in [3.05, 3.63) is 58.1 Å². The number of para-hydroxylation sites is 2. The van der Waals surface area contributed by atoms with Crippen LogP contribution < -0.4 is 14.2 Å². The van der Waals surface area contributed by atoms with E-state index in [1.165, 1.54) is 30.2 Å². The molecule has 0 aliphatic carbocycles. The van der Waals surface area contributed by atoms with E-state index in [-0.39, 0.29) is 24.0 Å². The van der Waals surface area contributed by atoms with Crippen LogP contribution in [0, 0.1) is 10.1 Å². The first-order chi connectivity index (χ1) is 12.5. The van der Waals surface area contributed by atoms with Gasteiger partial charge in [-0.05, 0) is 18.2 Å². The summed E-state index contributed by atoms with van der Waals surface area (Å²) >= 11 is 0. The van der Waals surface area contributed by atoms with Gasteiger partial charge in [0.05, 0.1) is 19.1 Å². The SMILES string of the molecule is COc1ccc(CN(C)C(=O)COc2ccccc2[N+](=O)[O-])c(OC)c1. The van der Waals surface area contributed by atoms with Gasteiger partial charge >= 0.3 is 5.69 Å². The molecule has 2 aromatic rings. The molecule has 0 radical (unpaired) electrons. The van der Waals surface area contributed by atoms with Gasteiger partial charge in [0.15, 0.2) is 12.4 Å². The fraction of sp³-hybridized carbons (Fsp3) is 0.278. The van der Waals surface area contributed by atoms with Gasteiger partial charge in [0.1, 0.15) is 11.5 Å². The summed E-state index contributed by atoms with van der Waals surface area (Å²) in [6, 6.07) is 11.2. The molecular formula is C18H20N2O6. The third-order valence-electron chi connectivity index (χ3n) is 3.74. The van der Waals surface area contributed by atoms with Gasteiger partial charge in [0.25, 0.3) is 5.91 Å². The number of carbonyl (C=O) groups excluding carboxylic acids is 1. The van der Waals surface area contributed by atoms with E-state index in [2.05, 4.69) is 0 Å². The highest BCUT2D eigenvalue weighted by molar-refractivity contribution is 5.77. The molecule has 0 fully saturated rings. The number of hydrogen-bond acceptors (Lipinski definition) is 6. The van der Waals surface area contributed by atoms with Crippen molar-refractivity contribution in [2.24, 2.45) is 0 Å². The van der Waals surface area contributed by atoms with Crippen molar-refractivity contribution in [2.45, 2.75) is 6.54 Å². The zero-order valence-corrected chi connectivity index (χ0v) is 14.8. The molecule has 2 aromatic carbocycles. The molecule has 26 heavy (non-hydrogen) atoms. The second-order valence-electron chi connectivity index (χ2n) is 5.44. The van der Waals surface area contributed by atoms with Crippen LogP contribution in [0.3, 0.4) is 0 Å². The van der Waals surface area contributed by atoms with Crippen LogP contribution in [0.25, 0.3) is 0 Å². The predicted octanol–water partition coefficient (Wildman–Crippen LogP) is 2.65. The fourth-order valence-corrected chi connectivity index (χ4v) is 2.31. The van der Waals surface area contributed by atoms with Crippen molar-refractivity contribution in [1.29, 1.82) is 0 Å². The highest BCUT2D eigenvalue weighted by atomic mass is 16.6. The van der Waals surface area contributed by atoms with E-state index in [1.54, 1.807) is 32.4 Å². The maximum atomic E-state index is 12.3. The first-order valence-corrected chi connectivity index (χ1v) is 7.77. The number of likely N-dealkylation sites (N-methyl/N-ethyl adjacent to an activating group) is 1. The predicted molar refractivity (Wildman–Crippen MR) is 94.6 cm³/mol. The Morgan fingerprint density at radius 1 is 1.12 bits per heavy atom. The van der Waals surface area contributed by atoms with Gasteiger partial charge < -0.3 is 19.1 Å². The molecule has 0 saturated carbocycles. The molecule has 1 amide bonds. The molecule has 0 aliphatic heterocycles. The van der Waals surface area contributed by atoms with Gasteiger partial charge in [0.2, 0.25) is 0 Å². The van der Waals surface area contributed by atoms with Crippen molar-refractivity contribution in [2.75, 3.05) is 27.9 Å². The van der Waals surface area contributed by atoms with Crippen molar-refractivity contribution < 1.29 is 23.9 Å². The Balaban J connectivity index is 2.01. The number of benzene rings is 2. The van der Waals surface area contributed by atoms with Crippen molar-refractivity contribution in [1.82, 2.24) is 4.90 Å². The molecule has 8 heteroatoms. The molecule has 2 rings (SSSR count). The Kier molecular flexibility index (Phi) is 6.37. The summed E-state index contributed by atoms with van der Waals surface area (Å²) in [5.41, 5.74) is 0.620. The van der Waals surface area contributed by atoms with E-state index in [0.29, 0.717) is 18.0 Å². The summed E-state index contributed by atoms with van der Waals surface area (Å²) in [5.74, 6) is 0.991. The molecule has 0 aromatic heterocycles. The molecule has 0 saturated heterocycles. The van der Waals surface area contributed by atoms with Crippen LogP contribution in [0.5, 0.6) is 17.2 Å². The molecule has 0 unspecified atom stereocenters. The number of ether oxygens (including phenoxy) is 3. The molecule has 0 aliphatic rings. The molecule has 138 valence electrons. The third kappa shape index (κ3) is 4.62. The monoisotopic (exact) mass is 360 g/mol. The second kappa shape index (κ2) is 8.70. The lowest BCUT2D eigenvalue weighted by molar-refractivity contribution is -0.385. The number of amides is 1. The summed E-state index contributed by atoms with van der Waals surface area (Å²) in [7, 11) is 4.72. The van der Waals surface area contributed by atoms with Gasteiger partial charge in [-0.25, -0.2) is 0 Å². The lowest BCUT2D eigenvalue weighted by atomic mass is 10.2. The minimum Gasteiger partial charge on any atom is -0.497 e. The quantitative estimate of drug-likeness (QED) is 0.531. The van der Waals surface area contributed by atoms with E-state index in [4.69, 9.17) is 14.2 Å². The van der Waals surface area contributed by atoms with E-state index >= 15 is 0 Å². The molecule has 0 bridgehead atoms. The minimum absolute atomic E-state index is 0.0567. The lowest BCUT2D eigenvalue weighted by Crippen LogP contribution is -2.31. The Bertz CT molecular complexity index is 793. The highest BCUT2D eigenvalue weighted by Gasteiger charge is 2.17. The normalized spacial score (nSPS) is 10.1. The maximum absolute atomic E-state index is 12.3. The standard InChI is InChI=1S/C18H20N2O6/c1-19(11-13-8-9-14(24-2)10-17(13)25-3)18(21)12-26-16-7-5-4-6-15(16)20(22)23/h4-10H,11-12H2,1-3H3. The Morgan fingerprint density at radius 3 is 2.50 bits per heavy atom. The average Bonchev–Trinajstić information content (AvgIpc) is 2.66. The zero-order chi connectivity index (χ0) is 19.1. The summed E-state index contributed by atoms with van der Waals surface area (Å²) < 4.78 is 15.8. The van der Waals surface area contributed by atoms with Crippen molar-refractivity contribution in [3.63, 3.8) is 0 Å². The number of methoxy groups -OCH3 is 2. The van der Waals surface area contributed by atoms with Gasteiger partial charge in [-0.15, -0.1) is 0 Å². The topological polar surface area (TPSA) is 91.1 Å². The number of nitro benzene ring substituents is 1. The number of nitrogens with zero attached hydrogens (tertiary/aromatic N) is 2. The molecule has 0 heterocycles. The van der Waals surface area contributed by atoms with Gasteiger partial charge in [-0.3, -0.25) is 14.9 Å². The van der Waals surface area contributed by atoms with E-state index < -0.39 is 4.92 Å². The van der Waals surface area contributed by atoms with Gasteiger partial charge in [-0.2, -0.15) is 0 Å². The van der Waals surface area contributed by atoms with Crippen LogP contribution in [0.2, 0.25) is 0 Å². The maximum Gasteiger partial charge on any atom is 0.310 e. The van der Waals surface area contributed by atoms with E-state index in [1.807, 2.05) is 6.07 Å². The fourth-order valence-electron chi connectivity index (χ4n) is 2.31. The van der Waals surface area contributed by atoms with Gasteiger partial charge in [0, 0.05) is 31.3 Å². The van der Waals surface area contributed by atoms with E-state index in [9.17, 15) is 14.9 Å². The van der Waals surface area contributed by atoms with Crippen molar-refractivity contribution in [3.8, 4) is 17.2 Å². The Morgan fingerprint density at radius 2 is 1.85 bits per heavy atom. The second-order valence-corrected chi connectivity index (χ2v) is 5.44. The molecule has 8 nitrogen and oxygen atoms in total. The van der Waals surface area contributed by atoms with Crippen LogP contribution in [0.15, 0.2) is 42.5 Å². The van der Waals surface area contributed by atoms with Crippen LogP contribution in [-0.2, 0) is 11.3 Å². The third-order valence-corrected chi connectivity index (χ3v) is 3.74. The zero-order valence-electron chi connectivity index (χ0n) is 14.8. The van der Waals surface area contributed by atoms with Crippen LogP contribution >= 0.6 is 0 Å². The van der Waals surface area contributed by atoms with Crippen LogP contribution in [0.4, 0.5) is 5.69 Å². The van der Waals surface area contributed by atoms with Crippen LogP contribution in [-0.4, -0.2) is 43.6 Å². The van der Waals surface area contributed by atoms with Crippen LogP contribution in [0.1, 0.15) is 5.56 Å². The summed E-state index contributed by atoms with van der Waals surface area (Å²) in [5, 5.41) is 11.0. The minimum atomic E-state index is -0.550. The lowest BCUT2D eigenvalue weighted by Gasteiger charge is -2.19. The average molecular weight is 360 g/mol. The molecule has 0 N–H and O–H groups in total. The number of rotatable bonds is 8. The smallest absolute Gasteiger partial charge is 0.310 e. The number of carbonyl (C=O) groups is 1. The van der Waals surface area contributed by atoms with E-state index in [0.717, 1.165) is 5.56 Å². The molecule has 0 atom stereocenters. The largest absolute Gasteiger partial charge is 0.497 e. The number of hydrogen-bond donors (Lipinski definition) is 0. The molecular weight excluding hydrogens is 340 g/mol. The summed E-state index contributed by atoms with van der Waals surface area (Å²) in [6.45, 7) is -0.00787. The summed E-state index contributed by atoms with van der Waals surface area (Å²) in [6.07, 6.45) is 0. The van der Waals surface area contributed by atoms with Gasteiger partial charge in [-0.1, -0.05) is 12.1 Å². The Labute approximate surface area is 151 Å². The highest BCUT2D eigenvalue weighted by Crippen LogP contribution is 2.27. The first-order valence-electron chi connectivity index (χ1n) is 7.77. The summed E-state index contributed by atoms with van der Waals surface area (Å²) in [4.78, 5) is 24.2. The number of nitro groups is 1. The first kappa shape index (κ1) is 19.0. The van der Waals surface area contributed by atoms with Crippen molar-refractivity contribution >= 4 is 11.6 Å².